The summed E-state index contributed by atoms with van der Waals surface area (Å²) in [5.74, 6) is 0.671. The number of carbonyl (C=O) groups excluding carboxylic acids is 1. The predicted molar refractivity (Wildman–Crippen MR) is 126 cm³/mol. The van der Waals surface area contributed by atoms with Crippen LogP contribution in [0.2, 0.25) is 0 Å². The summed E-state index contributed by atoms with van der Waals surface area (Å²) < 4.78 is 5.69. The molecule has 1 aromatic heterocycles. The molecule has 1 unspecified atom stereocenters. The van der Waals surface area contributed by atoms with Crippen molar-refractivity contribution in [2.24, 2.45) is 0 Å². The smallest absolute Gasteiger partial charge is 0.258 e. The lowest BCUT2D eigenvalue weighted by atomic mass is 10.0. The number of fused-ring (bicyclic) bond motifs is 2. The average molecular weight is 412 g/mol. The molecule has 5 heteroatoms. The second kappa shape index (κ2) is 7.84. The Morgan fingerprint density at radius 2 is 1.94 bits per heavy atom. The quantitative estimate of drug-likeness (QED) is 0.455. The van der Waals surface area contributed by atoms with Gasteiger partial charge in [0.25, 0.3) is 5.91 Å². The molecule has 0 radical (unpaired) electrons. The fourth-order valence-electron chi connectivity index (χ4n) is 4.26. The Kier molecular flexibility index (Phi) is 4.86. The number of para-hydroxylation sites is 2. The molecule has 1 aliphatic heterocycles. The molecule has 0 saturated carbocycles. The van der Waals surface area contributed by atoms with Crippen molar-refractivity contribution in [3.05, 3.63) is 78.5 Å². The van der Waals surface area contributed by atoms with E-state index in [0.29, 0.717) is 23.9 Å². The van der Waals surface area contributed by atoms with Gasteiger partial charge in [-0.1, -0.05) is 18.2 Å². The number of nitrogens with one attached hydrogen (secondary N) is 2. The average Bonchev–Trinajstić information content (AvgIpc) is 3.20. The first-order chi connectivity index (χ1) is 15.1. The van der Waals surface area contributed by atoms with Gasteiger partial charge in [-0.3, -0.25) is 4.79 Å². The van der Waals surface area contributed by atoms with Gasteiger partial charge in [0.2, 0.25) is 0 Å². The van der Waals surface area contributed by atoms with E-state index in [-0.39, 0.29) is 5.91 Å². The molecule has 0 fully saturated rings. The maximum absolute atomic E-state index is 13.5. The number of benzene rings is 3. The number of amides is 1. The summed E-state index contributed by atoms with van der Waals surface area (Å²) in [7, 11) is 1.65. The van der Waals surface area contributed by atoms with Gasteiger partial charge in [-0.05, 0) is 72.8 Å². The van der Waals surface area contributed by atoms with Gasteiger partial charge < -0.3 is 19.9 Å². The highest BCUT2D eigenvalue weighted by atomic mass is 16.5. The molecule has 2 heterocycles. The molecule has 1 amide bonds. The normalized spacial score (nSPS) is 15.8. The summed E-state index contributed by atoms with van der Waals surface area (Å²) >= 11 is 0. The van der Waals surface area contributed by atoms with Crippen molar-refractivity contribution in [1.29, 1.82) is 0 Å². The summed E-state index contributed by atoms with van der Waals surface area (Å²) in [6.07, 6.45) is 2.81. The molecule has 5 nitrogen and oxygen atoms in total. The molecule has 0 aliphatic carbocycles. The van der Waals surface area contributed by atoms with Crippen LogP contribution in [0, 0.1) is 0 Å². The molecular formula is C26H25N3O2. The van der Waals surface area contributed by atoms with Gasteiger partial charge in [-0.25, -0.2) is 0 Å². The lowest BCUT2D eigenvalue weighted by molar-refractivity contribution is 0.0986. The third-order valence-electron chi connectivity index (χ3n) is 5.94. The number of anilines is 2. The number of hydrogen-bond donors (Lipinski definition) is 2. The topological polar surface area (TPSA) is 57.4 Å². The molecule has 31 heavy (non-hydrogen) atoms. The van der Waals surface area contributed by atoms with Gasteiger partial charge in [-0.15, -0.1) is 0 Å². The van der Waals surface area contributed by atoms with Crippen LogP contribution in [-0.4, -0.2) is 30.6 Å². The number of ether oxygens (including phenoxy) is 1. The molecule has 0 spiro atoms. The van der Waals surface area contributed by atoms with Crippen molar-refractivity contribution >= 4 is 28.2 Å². The summed E-state index contributed by atoms with van der Waals surface area (Å²) in [6, 6.07) is 22.3. The van der Waals surface area contributed by atoms with Gasteiger partial charge in [0.05, 0.1) is 18.5 Å². The van der Waals surface area contributed by atoms with E-state index in [1.807, 2.05) is 53.6 Å². The lowest BCUT2D eigenvalue weighted by Crippen LogP contribution is -2.32. The number of hydrogen-bond acceptors (Lipinski definition) is 3. The second-order valence-corrected chi connectivity index (χ2v) is 8.00. The van der Waals surface area contributed by atoms with E-state index in [4.69, 9.17) is 4.74 Å². The maximum Gasteiger partial charge on any atom is 0.258 e. The van der Waals surface area contributed by atoms with Gasteiger partial charge >= 0.3 is 0 Å². The maximum atomic E-state index is 13.5. The van der Waals surface area contributed by atoms with Crippen LogP contribution in [0.4, 0.5) is 11.4 Å². The summed E-state index contributed by atoms with van der Waals surface area (Å²) in [6.45, 7) is 2.81. The summed E-state index contributed by atoms with van der Waals surface area (Å²) in [5, 5.41) is 4.64. The Bertz CT molecular complexity index is 1260. The SMILES string of the molecule is COc1cc(C(=O)N2CCC(C)Nc3ccccc32)ccc1-c1ccc2[nH]ccc2c1. The summed E-state index contributed by atoms with van der Waals surface area (Å²) in [4.78, 5) is 18.6. The fraction of sp³-hybridized carbons (Fsp3) is 0.192. The second-order valence-electron chi connectivity index (χ2n) is 8.00. The Morgan fingerprint density at radius 1 is 1.06 bits per heavy atom. The molecular weight excluding hydrogens is 386 g/mol. The standard InChI is InChI=1S/C26H25N3O2/c1-17-12-14-29(24-6-4-3-5-23(24)28-17)26(30)20-7-9-21(25(16-20)31-2)18-8-10-22-19(15-18)11-13-27-22/h3-11,13,15-17,27-28H,12,14H2,1-2H3. The van der Waals surface area contributed by atoms with Crippen molar-refractivity contribution < 1.29 is 9.53 Å². The zero-order valence-electron chi connectivity index (χ0n) is 17.7. The highest BCUT2D eigenvalue weighted by Crippen LogP contribution is 2.35. The fourth-order valence-corrected chi connectivity index (χ4v) is 4.26. The van der Waals surface area contributed by atoms with Crippen molar-refractivity contribution in [3.63, 3.8) is 0 Å². The van der Waals surface area contributed by atoms with Crippen LogP contribution in [0.25, 0.3) is 22.0 Å². The van der Waals surface area contributed by atoms with E-state index in [9.17, 15) is 4.79 Å². The van der Waals surface area contributed by atoms with E-state index in [1.54, 1.807) is 7.11 Å². The third kappa shape index (κ3) is 3.52. The zero-order chi connectivity index (χ0) is 21.4. The van der Waals surface area contributed by atoms with E-state index >= 15 is 0 Å². The highest BCUT2D eigenvalue weighted by Gasteiger charge is 2.25. The first kappa shape index (κ1) is 19.2. The van der Waals surface area contributed by atoms with Crippen LogP contribution in [0.5, 0.6) is 5.75 Å². The first-order valence-electron chi connectivity index (χ1n) is 10.6. The Balaban J connectivity index is 1.51. The van der Waals surface area contributed by atoms with Crippen LogP contribution in [0.1, 0.15) is 23.7 Å². The Morgan fingerprint density at radius 3 is 2.81 bits per heavy atom. The molecule has 2 N–H and O–H groups in total. The summed E-state index contributed by atoms with van der Waals surface area (Å²) in [5.41, 5.74) is 5.64. The Labute approximate surface area is 181 Å². The zero-order valence-corrected chi connectivity index (χ0v) is 17.7. The van der Waals surface area contributed by atoms with Gasteiger partial charge in [0.1, 0.15) is 5.75 Å². The van der Waals surface area contributed by atoms with E-state index in [0.717, 1.165) is 39.8 Å². The first-order valence-corrected chi connectivity index (χ1v) is 10.6. The largest absolute Gasteiger partial charge is 0.496 e. The van der Waals surface area contributed by atoms with Gasteiger partial charge in [-0.2, -0.15) is 0 Å². The van der Waals surface area contributed by atoms with Gasteiger partial charge in [0, 0.05) is 35.4 Å². The Hall–Kier alpha value is -3.73. The highest BCUT2D eigenvalue weighted by molar-refractivity contribution is 6.08. The lowest BCUT2D eigenvalue weighted by Gasteiger charge is -2.23. The van der Waals surface area contributed by atoms with Crippen molar-refractivity contribution in [2.75, 3.05) is 23.9 Å². The minimum Gasteiger partial charge on any atom is -0.496 e. The molecule has 156 valence electrons. The van der Waals surface area contributed by atoms with E-state index in [1.165, 1.54) is 0 Å². The molecule has 1 atom stereocenters. The number of methoxy groups -OCH3 is 1. The molecule has 5 rings (SSSR count). The van der Waals surface area contributed by atoms with Crippen LogP contribution in [-0.2, 0) is 0 Å². The number of aromatic nitrogens is 1. The monoisotopic (exact) mass is 411 g/mol. The van der Waals surface area contributed by atoms with Gasteiger partial charge in [0.15, 0.2) is 0 Å². The van der Waals surface area contributed by atoms with Crippen molar-refractivity contribution in [1.82, 2.24) is 4.98 Å². The number of nitrogens with zero attached hydrogens (tertiary/aromatic N) is 1. The minimum atomic E-state index is -0.0192. The van der Waals surface area contributed by atoms with E-state index in [2.05, 4.69) is 41.5 Å². The van der Waals surface area contributed by atoms with Crippen LogP contribution >= 0.6 is 0 Å². The van der Waals surface area contributed by atoms with Crippen LogP contribution in [0.15, 0.2) is 72.9 Å². The van der Waals surface area contributed by atoms with Crippen molar-refractivity contribution in [2.45, 2.75) is 19.4 Å². The van der Waals surface area contributed by atoms with Crippen LogP contribution in [0.3, 0.4) is 0 Å². The number of aromatic amines is 1. The van der Waals surface area contributed by atoms with Crippen molar-refractivity contribution in [3.8, 4) is 16.9 Å². The predicted octanol–water partition coefficient (Wildman–Crippen LogP) is 5.69. The minimum absolute atomic E-state index is 0.0192. The number of H-pyrrole nitrogens is 1. The number of rotatable bonds is 3. The molecule has 1 aliphatic rings. The number of carbonyl (C=O) groups is 1. The molecule has 4 aromatic rings. The molecule has 3 aromatic carbocycles. The van der Waals surface area contributed by atoms with Crippen LogP contribution < -0.4 is 15.0 Å². The molecule has 0 bridgehead atoms. The van der Waals surface area contributed by atoms with E-state index < -0.39 is 0 Å². The third-order valence-corrected chi connectivity index (χ3v) is 5.94. The molecule has 0 saturated heterocycles.